The van der Waals surface area contributed by atoms with E-state index in [0.29, 0.717) is 19.6 Å². The smallest absolute Gasteiger partial charge is 0.220 e. The minimum absolute atomic E-state index is 0.102. The standard InChI is InChI=1S/C17H23NO3/c19-17(10-9-13-5-1-2-6-13)18-11-14-12-20-15-7-3-4-8-16(15)21-14/h3-4,7-8,13-14H,1-2,5-6,9-12H2,(H,18,19)/t14-/m1/s1. The second kappa shape index (κ2) is 6.83. The molecular formula is C17H23NO3. The minimum Gasteiger partial charge on any atom is -0.486 e. The van der Waals surface area contributed by atoms with Gasteiger partial charge in [-0.3, -0.25) is 4.79 Å². The van der Waals surface area contributed by atoms with Gasteiger partial charge in [-0.2, -0.15) is 0 Å². The van der Waals surface area contributed by atoms with Gasteiger partial charge in [-0.25, -0.2) is 0 Å². The Morgan fingerprint density at radius 3 is 2.76 bits per heavy atom. The van der Waals surface area contributed by atoms with Crippen LogP contribution in [0.15, 0.2) is 24.3 Å². The molecule has 1 atom stereocenters. The van der Waals surface area contributed by atoms with E-state index in [1.807, 2.05) is 24.3 Å². The number of para-hydroxylation sites is 2. The summed E-state index contributed by atoms with van der Waals surface area (Å²) in [5, 5.41) is 2.96. The summed E-state index contributed by atoms with van der Waals surface area (Å²) in [7, 11) is 0. The van der Waals surface area contributed by atoms with Crippen molar-refractivity contribution in [3.05, 3.63) is 24.3 Å². The van der Waals surface area contributed by atoms with Crippen molar-refractivity contribution in [2.75, 3.05) is 13.2 Å². The summed E-state index contributed by atoms with van der Waals surface area (Å²) in [5.41, 5.74) is 0. The summed E-state index contributed by atoms with van der Waals surface area (Å²) in [6.45, 7) is 0.998. The molecule has 0 aromatic heterocycles. The highest BCUT2D eigenvalue weighted by molar-refractivity contribution is 5.75. The zero-order valence-electron chi connectivity index (χ0n) is 12.3. The van der Waals surface area contributed by atoms with E-state index in [9.17, 15) is 4.79 Å². The van der Waals surface area contributed by atoms with Crippen LogP contribution < -0.4 is 14.8 Å². The van der Waals surface area contributed by atoms with Crippen LogP contribution in [0.25, 0.3) is 0 Å². The Labute approximate surface area is 125 Å². The average molecular weight is 289 g/mol. The maximum Gasteiger partial charge on any atom is 0.220 e. The molecule has 1 N–H and O–H groups in total. The fraction of sp³-hybridized carbons (Fsp3) is 0.588. The van der Waals surface area contributed by atoms with Crippen LogP contribution in [0.2, 0.25) is 0 Å². The summed E-state index contributed by atoms with van der Waals surface area (Å²) in [6, 6.07) is 7.63. The van der Waals surface area contributed by atoms with E-state index in [1.165, 1.54) is 25.7 Å². The second-order valence-corrected chi connectivity index (χ2v) is 5.99. The van der Waals surface area contributed by atoms with Crippen molar-refractivity contribution >= 4 is 5.91 Å². The van der Waals surface area contributed by atoms with Crippen molar-refractivity contribution in [3.63, 3.8) is 0 Å². The highest BCUT2D eigenvalue weighted by atomic mass is 16.6. The second-order valence-electron chi connectivity index (χ2n) is 5.99. The molecule has 1 aromatic carbocycles. The Morgan fingerprint density at radius 2 is 1.95 bits per heavy atom. The minimum atomic E-state index is -0.102. The molecule has 0 spiro atoms. The third-order valence-electron chi connectivity index (χ3n) is 4.35. The van der Waals surface area contributed by atoms with Gasteiger partial charge in [0.05, 0.1) is 6.54 Å². The lowest BCUT2D eigenvalue weighted by molar-refractivity contribution is -0.121. The molecule has 1 aliphatic heterocycles. The van der Waals surface area contributed by atoms with Gasteiger partial charge in [-0.05, 0) is 24.5 Å². The number of benzene rings is 1. The van der Waals surface area contributed by atoms with Gasteiger partial charge in [0.15, 0.2) is 11.5 Å². The van der Waals surface area contributed by atoms with Gasteiger partial charge in [-0.15, -0.1) is 0 Å². The molecule has 1 saturated carbocycles. The zero-order chi connectivity index (χ0) is 14.5. The van der Waals surface area contributed by atoms with Gasteiger partial charge in [0.25, 0.3) is 0 Å². The van der Waals surface area contributed by atoms with Gasteiger partial charge in [0.1, 0.15) is 12.7 Å². The molecule has 4 heteroatoms. The Kier molecular flexibility index (Phi) is 4.63. The monoisotopic (exact) mass is 289 g/mol. The fourth-order valence-electron chi connectivity index (χ4n) is 3.11. The van der Waals surface area contributed by atoms with E-state index in [4.69, 9.17) is 9.47 Å². The van der Waals surface area contributed by atoms with Gasteiger partial charge in [0, 0.05) is 6.42 Å². The molecule has 0 unspecified atom stereocenters. The van der Waals surface area contributed by atoms with Gasteiger partial charge in [-0.1, -0.05) is 37.8 Å². The fourth-order valence-corrected chi connectivity index (χ4v) is 3.11. The van der Waals surface area contributed by atoms with Crippen LogP contribution in [0, 0.1) is 5.92 Å². The summed E-state index contributed by atoms with van der Waals surface area (Å²) in [4.78, 5) is 11.9. The average Bonchev–Trinajstić information content (AvgIpc) is 3.04. The van der Waals surface area contributed by atoms with Crippen molar-refractivity contribution in [2.45, 2.75) is 44.6 Å². The van der Waals surface area contributed by atoms with E-state index < -0.39 is 0 Å². The summed E-state index contributed by atoms with van der Waals surface area (Å²) in [6.07, 6.45) is 6.81. The first-order valence-corrected chi connectivity index (χ1v) is 7.96. The molecule has 114 valence electrons. The van der Waals surface area contributed by atoms with Crippen LogP contribution in [0.3, 0.4) is 0 Å². The predicted octanol–water partition coefficient (Wildman–Crippen LogP) is 2.91. The van der Waals surface area contributed by atoms with Crippen molar-refractivity contribution in [1.82, 2.24) is 5.32 Å². The Bertz CT molecular complexity index is 483. The number of carbonyl (C=O) groups is 1. The van der Waals surface area contributed by atoms with Crippen LogP contribution in [-0.4, -0.2) is 25.2 Å². The topological polar surface area (TPSA) is 47.6 Å². The lowest BCUT2D eigenvalue weighted by Gasteiger charge is -2.26. The van der Waals surface area contributed by atoms with Gasteiger partial charge >= 0.3 is 0 Å². The maximum atomic E-state index is 11.9. The first kappa shape index (κ1) is 14.2. The lowest BCUT2D eigenvalue weighted by Crippen LogP contribution is -2.40. The van der Waals surface area contributed by atoms with Crippen LogP contribution in [0.1, 0.15) is 38.5 Å². The highest BCUT2D eigenvalue weighted by Gasteiger charge is 2.21. The van der Waals surface area contributed by atoms with E-state index >= 15 is 0 Å². The molecule has 21 heavy (non-hydrogen) atoms. The molecule has 0 radical (unpaired) electrons. The zero-order valence-corrected chi connectivity index (χ0v) is 12.3. The van der Waals surface area contributed by atoms with E-state index in [-0.39, 0.29) is 12.0 Å². The largest absolute Gasteiger partial charge is 0.486 e. The molecule has 3 rings (SSSR count). The van der Waals surface area contributed by atoms with E-state index in [1.54, 1.807) is 0 Å². The number of hydrogen-bond donors (Lipinski definition) is 1. The summed E-state index contributed by atoms with van der Waals surface area (Å²) in [5.74, 6) is 2.43. The molecule has 1 fully saturated rings. The van der Waals surface area contributed by atoms with E-state index in [0.717, 1.165) is 23.8 Å². The Morgan fingerprint density at radius 1 is 1.19 bits per heavy atom. The van der Waals surface area contributed by atoms with Crippen molar-refractivity contribution in [1.29, 1.82) is 0 Å². The summed E-state index contributed by atoms with van der Waals surface area (Å²) >= 11 is 0. The van der Waals surface area contributed by atoms with Crippen LogP contribution in [-0.2, 0) is 4.79 Å². The Hall–Kier alpha value is -1.71. The number of nitrogens with one attached hydrogen (secondary N) is 1. The van der Waals surface area contributed by atoms with Crippen LogP contribution in [0.4, 0.5) is 0 Å². The number of fused-ring (bicyclic) bond motifs is 1. The Balaban J connectivity index is 1.38. The lowest BCUT2D eigenvalue weighted by atomic mass is 10.0. The molecule has 0 saturated heterocycles. The van der Waals surface area contributed by atoms with Crippen LogP contribution in [0.5, 0.6) is 11.5 Å². The third-order valence-corrected chi connectivity index (χ3v) is 4.35. The van der Waals surface area contributed by atoms with Crippen molar-refractivity contribution in [2.24, 2.45) is 5.92 Å². The number of hydrogen-bond acceptors (Lipinski definition) is 3. The van der Waals surface area contributed by atoms with Crippen molar-refractivity contribution in [3.8, 4) is 11.5 Å². The normalized spacial score (nSPS) is 21.2. The molecule has 2 aliphatic rings. The summed E-state index contributed by atoms with van der Waals surface area (Å²) < 4.78 is 11.5. The highest BCUT2D eigenvalue weighted by Crippen LogP contribution is 2.31. The first-order chi connectivity index (χ1) is 10.3. The first-order valence-electron chi connectivity index (χ1n) is 7.96. The van der Waals surface area contributed by atoms with Gasteiger partial charge in [0.2, 0.25) is 5.91 Å². The molecule has 1 aliphatic carbocycles. The third kappa shape index (κ3) is 3.90. The number of ether oxygens (including phenoxy) is 2. The van der Waals surface area contributed by atoms with Crippen LogP contribution >= 0.6 is 0 Å². The van der Waals surface area contributed by atoms with Crippen molar-refractivity contribution < 1.29 is 14.3 Å². The maximum absolute atomic E-state index is 11.9. The quantitative estimate of drug-likeness (QED) is 0.906. The van der Waals surface area contributed by atoms with E-state index in [2.05, 4.69) is 5.32 Å². The molecular weight excluding hydrogens is 266 g/mol. The molecule has 4 nitrogen and oxygen atoms in total. The molecule has 1 aromatic rings. The molecule has 0 bridgehead atoms. The number of carbonyl (C=O) groups excluding carboxylic acids is 1. The number of rotatable bonds is 5. The molecule has 1 heterocycles. The molecule has 1 amide bonds. The predicted molar refractivity (Wildman–Crippen MR) is 80.6 cm³/mol. The SMILES string of the molecule is O=C(CCC1CCCC1)NC[C@@H]1COc2ccccc2O1. The number of amides is 1. The van der Waals surface area contributed by atoms with Gasteiger partial charge < -0.3 is 14.8 Å².